The number of aromatic nitrogens is 2. The highest BCUT2D eigenvalue weighted by molar-refractivity contribution is 6.30. The minimum atomic E-state index is -0.631. The van der Waals surface area contributed by atoms with E-state index in [-0.39, 0.29) is 11.4 Å². The maximum atomic E-state index is 11.8. The number of anilines is 2. The SMILES string of the molecule is NC(=O)c1c(N=Cc2ccccc2)n[nH]c1Nc1cccc(Cl)c1. The first-order valence-corrected chi connectivity index (χ1v) is 7.51. The molecule has 120 valence electrons. The summed E-state index contributed by atoms with van der Waals surface area (Å²) in [7, 11) is 0. The Kier molecular flexibility index (Phi) is 4.58. The van der Waals surface area contributed by atoms with Gasteiger partial charge in [0.25, 0.3) is 5.91 Å². The third-order valence-corrected chi connectivity index (χ3v) is 3.46. The molecule has 0 saturated carbocycles. The second-order valence-electron chi connectivity index (χ2n) is 4.97. The van der Waals surface area contributed by atoms with Gasteiger partial charge in [0.1, 0.15) is 11.4 Å². The van der Waals surface area contributed by atoms with E-state index < -0.39 is 5.91 Å². The summed E-state index contributed by atoms with van der Waals surface area (Å²) in [6.45, 7) is 0. The second-order valence-corrected chi connectivity index (χ2v) is 5.40. The summed E-state index contributed by atoms with van der Waals surface area (Å²) in [6, 6.07) is 16.6. The standard InChI is InChI=1S/C17H14ClN5O/c18-12-7-4-8-13(9-12)21-17-14(15(19)24)16(22-23-17)20-10-11-5-2-1-3-6-11/h1-10H,(H2,19,24)(H2,21,22,23). The van der Waals surface area contributed by atoms with Crippen LogP contribution in [0.4, 0.5) is 17.3 Å². The van der Waals surface area contributed by atoms with Gasteiger partial charge in [-0.25, -0.2) is 4.99 Å². The second kappa shape index (κ2) is 6.97. The Hall–Kier alpha value is -3.12. The number of nitrogens with one attached hydrogen (secondary N) is 2. The molecule has 0 aliphatic rings. The van der Waals surface area contributed by atoms with E-state index in [1.165, 1.54) is 0 Å². The van der Waals surface area contributed by atoms with Gasteiger partial charge in [-0.1, -0.05) is 48.0 Å². The van der Waals surface area contributed by atoms with Gasteiger partial charge in [0.2, 0.25) is 0 Å². The van der Waals surface area contributed by atoms with E-state index in [1.807, 2.05) is 36.4 Å². The molecule has 0 aliphatic heterocycles. The normalized spacial score (nSPS) is 10.9. The number of H-pyrrole nitrogens is 1. The van der Waals surface area contributed by atoms with Crippen molar-refractivity contribution < 1.29 is 4.79 Å². The molecule has 24 heavy (non-hydrogen) atoms. The Bertz CT molecular complexity index is 889. The van der Waals surface area contributed by atoms with E-state index in [0.29, 0.717) is 16.5 Å². The highest BCUT2D eigenvalue weighted by Crippen LogP contribution is 2.27. The zero-order valence-electron chi connectivity index (χ0n) is 12.5. The van der Waals surface area contributed by atoms with Crippen molar-refractivity contribution in [2.45, 2.75) is 0 Å². The molecule has 3 rings (SSSR count). The van der Waals surface area contributed by atoms with E-state index in [9.17, 15) is 4.79 Å². The van der Waals surface area contributed by atoms with Crippen LogP contribution in [-0.4, -0.2) is 22.3 Å². The molecule has 3 aromatic rings. The lowest BCUT2D eigenvalue weighted by atomic mass is 10.2. The molecule has 7 heteroatoms. The van der Waals surface area contributed by atoms with Crippen molar-refractivity contribution in [1.29, 1.82) is 0 Å². The number of halogens is 1. The van der Waals surface area contributed by atoms with E-state index in [4.69, 9.17) is 17.3 Å². The number of hydrogen-bond donors (Lipinski definition) is 3. The lowest BCUT2D eigenvalue weighted by Crippen LogP contribution is -2.12. The molecule has 0 bridgehead atoms. The van der Waals surface area contributed by atoms with Crippen LogP contribution in [-0.2, 0) is 0 Å². The van der Waals surface area contributed by atoms with Gasteiger partial charge >= 0.3 is 0 Å². The van der Waals surface area contributed by atoms with Gasteiger partial charge in [-0.05, 0) is 23.8 Å². The molecular weight excluding hydrogens is 326 g/mol. The highest BCUT2D eigenvalue weighted by atomic mass is 35.5. The smallest absolute Gasteiger partial charge is 0.256 e. The molecule has 1 heterocycles. The number of aromatic amines is 1. The minimum absolute atomic E-state index is 0.183. The fourth-order valence-electron chi connectivity index (χ4n) is 2.14. The van der Waals surface area contributed by atoms with Crippen molar-refractivity contribution in [3.05, 3.63) is 70.7 Å². The zero-order chi connectivity index (χ0) is 16.9. The van der Waals surface area contributed by atoms with Gasteiger partial charge in [-0.3, -0.25) is 9.89 Å². The first kappa shape index (κ1) is 15.8. The Labute approximate surface area is 143 Å². The number of primary amides is 1. The summed E-state index contributed by atoms with van der Waals surface area (Å²) < 4.78 is 0. The fraction of sp³-hybridized carbons (Fsp3) is 0. The third-order valence-electron chi connectivity index (χ3n) is 3.22. The average molecular weight is 340 g/mol. The van der Waals surface area contributed by atoms with Gasteiger partial charge in [-0.2, -0.15) is 5.10 Å². The summed E-state index contributed by atoms with van der Waals surface area (Å²) in [5, 5.41) is 10.4. The number of nitrogens with two attached hydrogens (primary N) is 1. The fourth-order valence-corrected chi connectivity index (χ4v) is 2.33. The van der Waals surface area contributed by atoms with Crippen molar-refractivity contribution in [2.24, 2.45) is 10.7 Å². The quantitative estimate of drug-likeness (QED) is 0.619. The minimum Gasteiger partial charge on any atom is -0.365 e. The van der Waals surface area contributed by atoms with Crippen LogP contribution in [0.2, 0.25) is 5.02 Å². The van der Waals surface area contributed by atoms with E-state index in [0.717, 1.165) is 5.56 Å². The zero-order valence-corrected chi connectivity index (χ0v) is 13.3. The number of aliphatic imine (C=N–C) groups is 1. The predicted octanol–water partition coefficient (Wildman–Crippen LogP) is 3.66. The van der Waals surface area contributed by atoms with Crippen molar-refractivity contribution in [3.8, 4) is 0 Å². The first-order valence-electron chi connectivity index (χ1n) is 7.13. The lowest BCUT2D eigenvalue weighted by Gasteiger charge is -2.05. The van der Waals surface area contributed by atoms with Gasteiger partial charge in [-0.15, -0.1) is 0 Å². The molecule has 0 atom stereocenters. The Morgan fingerprint density at radius 2 is 2.00 bits per heavy atom. The number of carbonyl (C=O) groups excluding carboxylic acids is 1. The molecule has 0 saturated heterocycles. The van der Waals surface area contributed by atoms with Crippen molar-refractivity contribution in [3.63, 3.8) is 0 Å². The number of hydrogen-bond acceptors (Lipinski definition) is 4. The van der Waals surface area contributed by atoms with Gasteiger partial charge < -0.3 is 11.1 Å². The molecule has 0 fully saturated rings. The van der Waals surface area contributed by atoms with E-state index >= 15 is 0 Å². The Balaban J connectivity index is 1.90. The number of amides is 1. The van der Waals surface area contributed by atoms with Crippen LogP contribution in [0.1, 0.15) is 15.9 Å². The summed E-state index contributed by atoms with van der Waals surface area (Å²) in [6.07, 6.45) is 1.62. The maximum Gasteiger partial charge on any atom is 0.256 e. The van der Waals surface area contributed by atoms with Crippen molar-refractivity contribution >= 4 is 41.0 Å². The van der Waals surface area contributed by atoms with Crippen LogP contribution in [0.5, 0.6) is 0 Å². The molecule has 0 unspecified atom stereocenters. The van der Waals surface area contributed by atoms with Crippen LogP contribution >= 0.6 is 11.6 Å². The molecule has 2 aromatic carbocycles. The Morgan fingerprint density at radius 1 is 1.21 bits per heavy atom. The van der Waals surface area contributed by atoms with Crippen LogP contribution in [0.3, 0.4) is 0 Å². The predicted molar refractivity (Wildman–Crippen MR) is 95.5 cm³/mol. The summed E-state index contributed by atoms with van der Waals surface area (Å²) in [4.78, 5) is 16.0. The summed E-state index contributed by atoms with van der Waals surface area (Å²) in [5.41, 5.74) is 7.25. The molecule has 0 spiro atoms. The maximum absolute atomic E-state index is 11.8. The van der Waals surface area contributed by atoms with Crippen molar-refractivity contribution in [2.75, 3.05) is 5.32 Å². The van der Waals surface area contributed by atoms with Crippen molar-refractivity contribution in [1.82, 2.24) is 10.2 Å². The Morgan fingerprint density at radius 3 is 2.71 bits per heavy atom. The molecule has 4 N–H and O–H groups in total. The third kappa shape index (κ3) is 3.61. The van der Waals surface area contributed by atoms with Gasteiger partial charge in [0.15, 0.2) is 5.82 Å². The monoisotopic (exact) mass is 339 g/mol. The number of benzene rings is 2. The summed E-state index contributed by atoms with van der Waals surface area (Å²) >= 11 is 5.96. The van der Waals surface area contributed by atoms with Gasteiger partial charge in [0, 0.05) is 16.9 Å². The topological polar surface area (TPSA) is 96.2 Å². The molecule has 6 nitrogen and oxygen atoms in total. The van der Waals surface area contributed by atoms with Crippen LogP contribution < -0.4 is 11.1 Å². The van der Waals surface area contributed by atoms with Gasteiger partial charge in [0.05, 0.1) is 0 Å². The summed E-state index contributed by atoms with van der Waals surface area (Å²) in [5.74, 6) is -0.0469. The van der Waals surface area contributed by atoms with Crippen LogP contribution in [0.25, 0.3) is 0 Å². The number of carbonyl (C=O) groups is 1. The first-order chi connectivity index (χ1) is 11.6. The molecule has 1 amide bonds. The lowest BCUT2D eigenvalue weighted by molar-refractivity contribution is 0.100. The highest BCUT2D eigenvalue weighted by Gasteiger charge is 2.18. The molecule has 0 radical (unpaired) electrons. The van der Waals surface area contributed by atoms with Crippen LogP contribution in [0, 0.1) is 0 Å². The average Bonchev–Trinajstić information content (AvgIpc) is 2.97. The largest absolute Gasteiger partial charge is 0.365 e. The van der Waals surface area contributed by atoms with Crippen LogP contribution in [0.15, 0.2) is 59.6 Å². The molecule has 0 aliphatic carbocycles. The van der Waals surface area contributed by atoms with E-state index in [2.05, 4.69) is 20.5 Å². The number of rotatable bonds is 5. The molecule has 1 aromatic heterocycles. The van der Waals surface area contributed by atoms with E-state index in [1.54, 1.807) is 24.4 Å². The molecular formula is C17H14ClN5O. The number of nitrogens with zero attached hydrogens (tertiary/aromatic N) is 2.